The van der Waals surface area contributed by atoms with Crippen molar-refractivity contribution in [2.45, 2.75) is 52.0 Å². The second-order valence-corrected chi connectivity index (χ2v) is 7.89. The summed E-state index contributed by atoms with van der Waals surface area (Å²) < 4.78 is 0. The number of nitrogens with zero attached hydrogens (tertiary/aromatic N) is 1. The summed E-state index contributed by atoms with van der Waals surface area (Å²) in [5, 5.41) is 2.94. The Bertz CT molecular complexity index is 827. The quantitative estimate of drug-likeness (QED) is 0.838. The molecule has 0 saturated carbocycles. The normalized spacial score (nSPS) is 16.9. The number of amides is 2. The molecule has 28 heavy (non-hydrogen) atoms. The molecule has 1 aliphatic heterocycles. The number of rotatable bonds is 5. The highest BCUT2D eigenvalue weighted by Gasteiger charge is 2.26. The van der Waals surface area contributed by atoms with Crippen LogP contribution < -0.4 is 5.32 Å². The molecule has 1 atom stereocenters. The van der Waals surface area contributed by atoms with Crippen molar-refractivity contribution in [3.63, 3.8) is 0 Å². The molecule has 0 aromatic heterocycles. The fourth-order valence-electron chi connectivity index (χ4n) is 3.78. The molecule has 0 spiro atoms. The average Bonchev–Trinajstić information content (AvgIpc) is 2.73. The van der Waals surface area contributed by atoms with Gasteiger partial charge in [-0.05, 0) is 68.5 Å². The van der Waals surface area contributed by atoms with Crippen molar-refractivity contribution >= 4 is 11.8 Å². The minimum atomic E-state index is -0.0448. The Morgan fingerprint density at radius 3 is 2.54 bits per heavy atom. The molecule has 1 saturated heterocycles. The molecule has 0 aliphatic carbocycles. The van der Waals surface area contributed by atoms with Crippen molar-refractivity contribution in [1.29, 1.82) is 0 Å². The first-order valence-electron chi connectivity index (χ1n) is 10.3. The molecule has 1 fully saturated rings. The van der Waals surface area contributed by atoms with E-state index in [0.29, 0.717) is 12.1 Å². The number of hydrogen-bond acceptors (Lipinski definition) is 2. The Balaban J connectivity index is 1.72. The molecule has 0 bridgehead atoms. The Morgan fingerprint density at radius 1 is 1.11 bits per heavy atom. The average molecular weight is 379 g/mol. The third kappa shape index (κ3) is 4.80. The van der Waals surface area contributed by atoms with E-state index < -0.39 is 0 Å². The van der Waals surface area contributed by atoms with Gasteiger partial charge in [0.15, 0.2) is 0 Å². The van der Waals surface area contributed by atoms with E-state index in [0.717, 1.165) is 36.9 Å². The van der Waals surface area contributed by atoms with Crippen LogP contribution in [0, 0.1) is 0 Å². The zero-order valence-corrected chi connectivity index (χ0v) is 17.1. The third-order valence-electron chi connectivity index (χ3n) is 5.36. The largest absolute Gasteiger partial charge is 0.350 e. The van der Waals surface area contributed by atoms with Crippen molar-refractivity contribution < 1.29 is 9.59 Å². The third-order valence-corrected chi connectivity index (χ3v) is 5.36. The van der Waals surface area contributed by atoms with Crippen LogP contribution in [0.25, 0.3) is 0 Å². The molecule has 0 radical (unpaired) electrons. The second-order valence-electron chi connectivity index (χ2n) is 7.89. The van der Waals surface area contributed by atoms with E-state index in [9.17, 15) is 9.59 Å². The lowest BCUT2D eigenvalue weighted by Gasteiger charge is -2.33. The van der Waals surface area contributed by atoms with Crippen molar-refractivity contribution in [2.24, 2.45) is 0 Å². The topological polar surface area (TPSA) is 49.4 Å². The monoisotopic (exact) mass is 378 g/mol. The van der Waals surface area contributed by atoms with Gasteiger partial charge in [0.2, 0.25) is 0 Å². The predicted molar refractivity (Wildman–Crippen MR) is 113 cm³/mol. The zero-order chi connectivity index (χ0) is 20.1. The van der Waals surface area contributed by atoms with Crippen LogP contribution in [0.1, 0.15) is 71.4 Å². The summed E-state index contributed by atoms with van der Waals surface area (Å²) in [5.74, 6) is 0.317. The van der Waals surface area contributed by atoms with E-state index in [1.54, 1.807) is 0 Å². The molecule has 1 heterocycles. The number of nitrogens with one attached hydrogen (secondary N) is 1. The molecule has 1 N–H and O–H groups in total. The molecular formula is C24H30N2O2. The maximum absolute atomic E-state index is 12.9. The lowest BCUT2D eigenvalue weighted by atomic mass is 9.89. The van der Waals surface area contributed by atoms with E-state index in [2.05, 4.69) is 18.3 Å². The zero-order valence-electron chi connectivity index (χ0n) is 17.1. The van der Waals surface area contributed by atoms with Gasteiger partial charge in [0.1, 0.15) is 0 Å². The van der Waals surface area contributed by atoms with E-state index in [1.807, 2.05) is 61.2 Å². The van der Waals surface area contributed by atoms with E-state index in [-0.39, 0.29) is 23.8 Å². The smallest absolute Gasteiger partial charge is 0.253 e. The molecule has 1 aliphatic rings. The molecule has 0 unspecified atom stereocenters. The maximum atomic E-state index is 12.9. The summed E-state index contributed by atoms with van der Waals surface area (Å²) >= 11 is 0. The van der Waals surface area contributed by atoms with Gasteiger partial charge in [-0.3, -0.25) is 9.59 Å². The minimum Gasteiger partial charge on any atom is -0.350 e. The van der Waals surface area contributed by atoms with Gasteiger partial charge < -0.3 is 10.2 Å². The Kier molecular flexibility index (Phi) is 6.50. The molecule has 2 amide bonds. The highest BCUT2D eigenvalue weighted by molar-refractivity contribution is 5.95. The van der Waals surface area contributed by atoms with Gasteiger partial charge >= 0.3 is 0 Å². The molecule has 2 aromatic rings. The van der Waals surface area contributed by atoms with Crippen LogP contribution in [-0.2, 0) is 6.42 Å². The number of carbonyl (C=O) groups is 2. The fourth-order valence-corrected chi connectivity index (χ4v) is 3.78. The minimum absolute atomic E-state index is 0.0448. The van der Waals surface area contributed by atoms with Gasteiger partial charge in [-0.1, -0.05) is 31.2 Å². The van der Waals surface area contributed by atoms with Gasteiger partial charge in [0.05, 0.1) is 0 Å². The number of likely N-dealkylation sites (tertiary alicyclic amines) is 1. The van der Waals surface area contributed by atoms with Crippen molar-refractivity contribution in [2.75, 3.05) is 13.1 Å². The molecular weight excluding hydrogens is 348 g/mol. The van der Waals surface area contributed by atoms with Gasteiger partial charge in [0.25, 0.3) is 11.8 Å². The number of carbonyl (C=O) groups excluding carboxylic acids is 2. The first-order chi connectivity index (χ1) is 13.5. The number of benzene rings is 2. The van der Waals surface area contributed by atoms with E-state index >= 15 is 0 Å². The number of hydrogen-bond donors (Lipinski definition) is 1. The maximum Gasteiger partial charge on any atom is 0.253 e. The Morgan fingerprint density at radius 2 is 1.86 bits per heavy atom. The van der Waals surface area contributed by atoms with Crippen LogP contribution in [0.4, 0.5) is 0 Å². The summed E-state index contributed by atoms with van der Waals surface area (Å²) in [7, 11) is 0. The Hall–Kier alpha value is -2.62. The first-order valence-corrected chi connectivity index (χ1v) is 10.3. The number of aryl methyl sites for hydroxylation is 1. The fraction of sp³-hybridized carbons (Fsp3) is 0.417. The highest BCUT2D eigenvalue weighted by atomic mass is 16.2. The summed E-state index contributed by atoms with van der Waals surface area (Å²) in [6.45, 7) is 7.52. The predicted octanol–water partition coefficient (Wildman–Crippen LogP) is 4.41. The molecule has 148 valence electrons. The summed E-state index contributed by atoms with van der Waals surface area (Å²) in [6.07, 6.45) is 2.99. The van der Waals surface area contributed by atoms with Crippen LogP contribution in [0.15, 0.2) is 48.5 Å². The van der Waals surface area contributed by atoms with Crippen LogP contribution in [0.3, 0.4) is 0 Å². The van der Waals surface area contributed by atoms with Crippen molar-refractivity contribution in [3.05, 3.63) is 70.8 Å². The summed E-state index contributed by atoms with van der Waals surface area (Å²) in [5.41, 5.74) is 3.81. The highest BCUT2D eigenvalue weighted by Crippen LogP contribution is 2.28. The van der Waals surface area contributed by atoms with Gasteiger partial charge in [0, 0.05) is 36.2 Å². The van der Waals surface area contributed by atoms with Crippen molar-refractivity contribution in [3.8, 4) is 0 Å². The second kappa shape index (κ2) is 9.05. The number of piperidine rings is 1. The van der Waals surface area contributed by atoms with Gasteiger partial charge in [-0.2, -0.15) is 0 Å². The SMILES string of the molecule is CCc1ccc(C(=O)N2CCC[C@H](c3cccc(C(=O)NC(C)C)c3)C2)cc1. The van der Waals surface area contributed by atoms with Crippen LogP contribution in [-0.4, -0.2) is 35.8 Å². The first kappa shape index (κ1) is 20.1. The molecule has 3 rings (SSSR count). The van der Waals surface area contributed by atoms with Crippen LogP contribution in [0.5, 0.6) is 0 Å². The molecule has 4 nitrogen and oxygen atoms in total. The summed E-state index contributed by atoms with van der Waals surface area (Å²) in [6, 6.07) is 15.9. The van der Waals surface area contributed by atoms with Gasteiger partial charge in [-0.25, -0.2) is 0 Å². The van der Waals surface area contributed by atoms with E-state index in [4.69, 9.17) is 0 Å². The molecule has 2 aromatic carbocycles. The van der Waals surface area contributed by atoms with Crippen LogP contribution >= 0.6 is 0 Å². The molecule has 4 heteroatoms. The van der Waals surface area contributed by atoms with E-state index in [1.165, 1.54) is 5.56 Å². The lowest BCUT2D eigenvalue weighted by Crippen LogP contribution is -2.39. The Labute approximate surface area is 167 Å². The van der Waals surface area contributed by atoms with Gasteiger partial charge in [-0.15, -0.1) is 0 Å². The lowest BCUT2D eigenvalue weighted by molar-refractivity contribution is 0.0706. The summed E-state index contributed by atoms with van der Waals surface area (Å²) in [4.78, 5) is 27.2. The standard InChI is InChI=1S/C24H30N2O2/c1-4-18-10-12-19(13-11-18)24(28)26-14-6-9-22(16-26)20-7-5-8-21(15-20)23(27)25-17(2)3/h5,7-8,10-13,15,17,22H,4,6,9,14,16H2,1-3H3,(H,25,27)/t22-/m0/s1. The van der Waals surface area contributed by atoms with Crippen LogP contribution in [0.2, 0.25) is 0 Å². The van der Waals surface area contributed by atoms with Crippen molar-refractivity contribution in [1.82, 2.24) is 10.2 Å².